The zero-order valence-corrected chi connectivity index (χ0v) is 20.9. The van der Waals surface area contributed by atoms with Crippen LogP contribution in [0.5, 0.6) is 5.75 Å². The number of rotatable bonds is 13. The molecule has 32 heavy (non-hydrogen) atoms. The summed E-state index contributed by atoms with van der Waals surface area (Å²) in [4.78, 5) is 23.5. The van der Waals surface area contributed by atoms with Crippen molar-refractivity contribution < 1.29 is 9.53 Å². The number of nitrogens with zero attached hydrogens (tertiary/aromatic N) is 3. The van der Waals surface area contributed by atoms with E-state index in [4.69, 9.17) is 9.72 Å². The minimum Gasteiger partial charge on any atom is -0.494 e. The molecule has 7 heteroatoms. The van der Waals surface area contributed by atoms with Crippen LogP contribution >= 0.6 is 23.1 Å². The van der Waals surface area contributed by atoms with Gasteiger partial charge in [0, 0.05) is 24.4 Å². The van der Waals surface area contributed by atoms with Crippen molar-refractivity contribution in [3.05, 3.63) is 48.5 Å². The van der Waals surface area contributed by atoms with Crippen molar-refractivity contribution in [3.63, 3.8) is 0 Å². The SMILES string of the molecule is CCOc1ccc2nc(N(CCN(CC)CC)C(=O)CCCSc3ccccc3)sc2c1. The maximum absolute atomic E-state index is 13.2. The summed E-state index contributed by atoms with van der Waals surface area (Å²) in [6, 6.07) is 16.3. The molecular formula is C25H33N3O2S2. The van der Waals surface area contributed by atoms with Crippen molar-refractivity contribution in [1.29, 1.82) is 0 Å². The van der Waals surface area contributed by atoms with Crippen molar-refractivity contribution in [2.24, 2.45) is 0 Å². The Balaban J connectivity index is 1.69. The fraction of sp³-hybridized carbons (Fsp3) is 0.440. The topological polar surface area (TPSA) is 45.7 Å². The first-order valence-electron chi connectivity index (χ1n) is 11.4. The zero-order chi connectivity index (χ0) is 22.8. The summed E-state index contributed by atoms with van der Waals surface area (Å²) in [5.41, 5.74) is 0.911. The van der Waals surface area contributed by atoms with Gasteiger partial charge in [-0.05, 0) is 62.5 Å². The van der Waals surface area contributed by atoms with Crippen molar-refractivity contribution in [2.45, 2.75) is 38.5 Å². The highest BCUT2D eigenvalue weighted by molar-refractivity contribution is 7.99. The molecule has 1 amide bonds. The highest BCUT2D eigenvalue weighted by atomic mass is 32.2. The van der Waals surface area contributed by atoms with E-state index in [1.165, 1.54) is 4.90 Å². The predicted molar refractivity (Wildman–Crippen MR) is 137 cm³/mol. The summed E-state index contributed by atoms with van der Waals surface area (Å²) in [6.45, 7) is 10.4. The minimum absolute atomic E-state index is 0.148. The third-order valence-electron chi connectivity index (χ3n) is 5.27. The number of thiazole rings is 1. The van der Waals surface area contributed by atoms with E-state index in [0.29, 0.717) is 19.6 Å². The summed E-state index contributed by atoms with van der Waals surface area (Å²) < 4.78 is 6.68. The van der Waals surface area contributed by atoms with Gasteiger partial charge in [0.25, 0.3) is 0 Å². The molecule has 5 nitrogen and oxygen atoms in total. The molecule has 0 aliphatic heterocycles. The molecule has 3 aromatic rings. The van der Waals surface area contributed by atoms with E-state index < -0.39 is 0 Å². The van der Waals surface area contributed by atoms with Crippen LogP contribution in [-0.4, -0.2) is 54.3 Å². The molecule has 0 N–H and O–H groups in total. The number of ether oxygens (including phenoxy) is 1. The van der Waals surface area contributed by atoms with Crippen LogP contribution in [0.2, 0.25) is 0 Å². The molecule has 2 aromatic carbocycles. The molecule has 1 aromatic heterocycles. The molecule has 1 heterocycles. The number of carbonyl (C=O) groups is 1. The Bertz CT molecular complexity index is 974. The number of likely N-dealkylation sites (N-methyl/N-ethyl adjacent to an activating group) is 1. The van der Waals surface area contributed by atoms with Gasteiger partial charge in [0.1, 0.15) is 5.75 Å². The molecule has 0 saturated heterocycles. The highest BCUT2D eigenvalue weighted by Crippen LogP contribution is 2.32. The number of hydrogen-bond acceptors (Lipinski definition) is 6. The normalized spacial score (nSPS) is 11.2. The van der Waals surface area contributed by atoms with Gasteiger partial charge >= 0.3 is 0 Å². The summed E-state index contributed by atoms with van der Waals surface area (Å²) in [5.74, 6) is 1.92. The van der Waals surface area contributed by atoms with Crippen LogP contribution < -0.4 is 9.64 Å². The quantitative estimate of drug-likeness (QED) is 0.228. The largest absolute Gasteiger partial charge is 0.494 e. The van der Waals surface area contributed by atoms with Crippen LogP contribution in [0.25, 0.3) is 10.2 Å². The van der Waals surface area contributed by atoms with E-state index in [-0.39, 0.29) is 5.91 Å². The molecular weight excluding hydrogens is 438 g/mol. The molecule has 172 valence electrons. The van der Waals surface area contributed by atoms with Crippen LogP contribution in [0.15, 0.2) is 53.4 Å². The van der Waals surface area contributed by atoms with Crippen molar-refractivity contribution >= 4 is 44.4 Å². The lowest BCUT2D eigenvalue weighted by atomic mass is 10.3. The highest BCUT2D eigenvalue weighted by Gasteiger charge is 2.20. The number of carbonyl (C=O) groups excluding carboxylic acids is 1. The van der Waals surface area contributed by atoms with Gasteiger partial charge in [-0.15, -0.1) is 11.8 Å². The number of fused-ring (bicyclic) bond motifs is 1. The lowest BCUT2D eigenvalue weighted by Crippen LogP contribution is -2.38. The Kier molecular flexibility index (Phi) is 9.84. The molecule has 0 radical (unpaired) electrons. The van der Waals surface area contributed by atoms with Crippen LogP contribution in [-0.2, 0) is 4.79 Å². The average Bonchev–Trinajstić information content (AvgIpc) is 3.23. The molecule has 0 atom stereocenters. The first-order chi connectivity index (χ1) is 15.6. The molecule has 0 fully saturated rings. The van der Waals surface area contributed by atoms with Gasteiger partial charge < -0.3 is 9.64 Å². The Morgan fingerprint density at radius 1 is 1.06 bits per heavy atom. The van der Waals surface area contributed by atoms with Crippen LogP contribution in [0.3, 0.4) is 0 Å². The van der Waals surface area contributed by atoms with Crippen molar-refractivity contribution in [2.75, 3.05) is 43.4 Å². The lowest BCUT2D eigenvalue weighted by Gasteiger charge is -2.24. The van der Waals surface area contributed by atoms with Crippen LogP contribution in [0, 0.1) is 0 Å². The first kappa shape index (κ1) is 24.6. The van der Waals surface area contributed by atoms with Crippen molar-refractivity contribution in [1.82, 2.24) is 9.88 Å². The zero-order valence-electron chi connectivity index (χ0n) is 19.3. The second kappa shape index (κ2) is 12.8. The van der Waals surface area contributed by atoms with Gasteiger partial charge in [-0.25, -0.2) is 4.98 Å². The number of thioether (sulfide) groups is 1. The van der Waals surface area contributed by atoms with E-state index in [1.54, 1.807) is 23.1 Å². The Morgan fingerprint density at radius 3 is 2.56 bits per heavy atom. The van der Waals surface area contributed by atoms with E-state index in [2.05, 4.69) is 30.9 Å². The third-order valence-corrected chi connectivity index (χ3v) is 7.41. The van der Waals surface area contributed by atoms with Gasteiger partial charge in [0.05, 0.1) is 16.8 Å². The predicted octanol–water partition coefficient (Wildman–Crippen LogP) is 5.94. The fourth-order valence-electron chi connectivity index (χ4n) is 3.44. The molecule has 0 aliphatic rings. The van der Waals surface area contributed by atoms with E-state index >= 15 is 0 Å². The number of benzene rings is 2. The summed E-state index contributed by atoms with van der Waals surface area (Å²) in [7, 11) is 0. The number of anilines is 1. The van der Waals surface area contributed by atoms with Gasteiger partial charge in [-0.3, -0.25) is 9.69 Å². The monoisotopic (exact) mass is 471 g/mol. The molecule has 0 saturated carbocycles. The molecule has 0 bridgehead atoms. The summed E-state index contributed by atoms with van der Waals surface area (Å²) in [5, 5.41) is 0.779. The Morgan fingerprint density at radius 2 is 1.84 bits per heavy atom. The maximum Gasteiger partial charge on any atom is 0.228 e. The van der Waals surface area contributed by atoms with E-state index in [9.17, 15) is 4.79 Å². The average molecular weight is 472 g/mol. The van der Waals surface area contributed by atoms with E-state index in [1.807, 2.05) is 48.2 Å². The van der Waals surface area contributed by atoms with Gasteiger partial charge in [-0.1, -0.05) is 43.4 Å². The summed E-state index contributed by atoms with van der Waals surface area (Å²) >= 11 is 3.37. The fourth-order valence-corrected chi connectivity index (χ4v) is 5.35. The third kappa shape index (κ3) is 6.95. The van der Waals surface area contributed by atoms with Crippen LogP contribution in [0.4, 0.5) is 5.13 Å². The second-order valence-electron chi connectivity index (χ2n) is 7.40. The van der Waals surface area contributed by atoms with Crippen molar-refractivity contribution in [3.8, 4) is 5.75 Å². The standard InChI is InChI=1S/C25H33N3O2S2/c1-4-27(5-2)16-17-28(24(29)13-10-18-31-21-11-8-7-9-12-21)25-26-22-15-14-20(30-6-3)19-23(22)32-25/h7-9,11-12,14-15,19H,4-6,10,13,16-18H2,1-3H3. The second-order valence-corrected chi connectivity index (χ2v) is 9.57. The molecule has 3 rings (SSSR count). The number of amides is 1. The van der Waals surface area contributed by atoms with E-state index in [0.717, 1.165) is 52.9 Å². The Hall–Kier alpha value is -2.09. The maximum atomic E-state index is 13.2. The summed E-state index contributed by atoms with van der Waals surface area (Å²) in [6.07, 6.45) is 1.37. The number of aromatic nitrogens is 1. The Labute approximate surface area is 199 Å². The molecule has 0 unspecified atom stereocenters. The molecule has 0 aliphatic carbocycles. The smallest absolute Gasteiger partial charge is 0.228 e. The van der Waals surface area contributed by atoms with Gasteiger partial charge in [-0.2, -0.15) is 0 Å². The minimum atomic E-state index is 0.148. The lowest BCUT2D eigenvalue weighted by molar-refractivity contribution is -0.118. The molecule has 0 spiro atoms. The van der Waals surface area contributed by atoms with Crippen LogP contribution in [0.1, 0.15) is 33.6 Å². The van der Waals surface area contributed by atoms with Gasteiger partial charge in [0.15, 0.2) is 5.13 Å². The van der Waals surface area contributed by atoms with Gasteiger partial charge in [0.2, 0.25) is 5.91 Å². The first-order valence-corrected chi connectivity index (χ1v) is 13.2. The number of hydrogen-bond donors (Lipinski definition) is 0.